The van der Waals surface area contributed by atoms with Crippen molar-refractivity contribution in [2.45, 2.75) is 103 Å². The number of ether oxygens (including phenoxy) is 4. The summed E-state index contributed by atoms with van der Waals surface area (Å²) in [5.41, 5.74) is 1.76. The molecular weight excluding hydrogens is 873 g/mol. The molecule has 0 saturated heterocycles. The molecule has 0 saturated carbocycles. The van der Waals surface area contributed by atoms with Gasteiger partial charge >= 0.3 is 23.9 Å². The summed E-state index contributed by atoms with van der Waals surface area (Å²) in [4.78, 5) is 101. The minimum Gasteiger partial charge on any atom is -0.480 e. The molecule has 2 unspecified atom stereocenters. The van der Waals surface area contributed by atoms with Gasteiger partial charge in [-0.3, -0.25) is 28.8 Å². The molecule has 0 radical (unpaired) electrons. The molecule has 20 heteroatoms. The van der Waals surface area contributed by atoms with E-state index in [4.69, 9.17) is 9.47 Å². The van der Waals surface area contributed by atoms with E-state index >= 15 is 0 Å². The lowest BCUT2D eigenvalue weighted by atomic mass is 10.0. The first-order chi connectivity index (χ1) is 30.6. The number of benzene rings is 2. The van der Waals surface area contributed by atoms with Crippen LogP contribution in [0.3, 0.4) is 0 Å². The van der Waals surface area contributed by atoms with Gasteiger partial charge in [0.15, 0.2) is 0 Å². The molecule has 0 bridgehead atoms. The first-order valence-corrected chi connectivity index (χ1v) is 23.4. The predicted octanol–water partition coefficient (Wildman–Crippen LogP) is 3.65. The minimum absolute atomic E-state index is 0.00333. The standard InChI is InChI=1S/C44H62N4O14S2/c1-29(23-61-25-31-15-7-5-8-16-31)39(43(55)56)47-41(53)33(45-35(49)19-11-13-21-37(51)59-3)27-63-64-28-34(46-36(50)20-12-14-22-38(52)60-4)42(54)48-40(44(57)58)30(2)24-62-26-32-17-9-6-10-18-32/h5-10,15-18,29-30,33-34,39-40H,11-14,19-28H2,1-4H3,(H,45,49)(H,46,50)(H,47,53)(H,48,54)(H,55,56)(H,57,58)/t29?,30?,33-,34-,39+,40+/m0/s1. The van der Waals surface area contributed by atoms with Crippen molar-refractivity contribution in [3.05, 3.63) is 71.8 Å². The fourth-order valence-corrected chi connectivity index (χ4v) is 8.24. The number of aliphatic carboxylic acids is 2. The van der Waals surface area contributed by atoms with Crippen molar-refractivity contribution in [2.24, 2.45) is 11.8 Å². The molecule has 0 heterocycles. The zero-order valence-electron chi connectivity index (χ0n) is 36.7. The second-order valence-electron chi connectivity index (χ2n) is 15.0. The van der Waals surface area contributed by atoms with E-state index in [0.29, 0.717) is 25.7 Å². The maximum atomic E-state index is 13.7. The minimum atomic E-state index is -1.38. The number of amides is 4. The fourth-order valence-electron chi connectivity index (χ4n) is 5.91. The Morgan fingerprint density at radius 1 is 0.531 bits per heavy atom. The van der Waals surface area contributed by atoms with Crippen LogP contribution in [0.25, 0.3) is 0 Å². The van der Waals surface area contributed by atoms with Crippen LogP contribution in [0.4, 0.5) is 0 Å². The van der Waals surface area contributed by atoms with Gasteiger partial charge in [-0.2, -0.15) is 0 Å². The highest BCUT2D eigenvalue weighted by Crippen LogP contribution is 2.24. The summed E-state index contributed by atoms with van der Waals surface area (Å²) in [5.74, 6) is -7.72. The Labute approximate surface area is 381 Å². The first-order valence-electron chi connectivity index (χ1n) is 20.9. The monoisotopic (exact) mass is 934 g/mol. The maximum Gasteiger partial charge on any atom is 0.326 e. The molecule has 2 aromatic carbocycles. The van der Waals surface area contributed by atoms with Crippen LogP contribution in [0.15, 0.2) is 60.7 Å². The van der Waals surface area contributed by atoms with Gasteiger partial charge in [0.05, 0.1) is 40.6 Å². The lowest BCUT2D eigenvalue weighted by Crippen LogP contribution is -2.55. The van der Waals surface area contributed by atoms with Gasteiger partial charge in [0.25, 0.3) is 0 Å². The quantitative estimate of drug-likeness (QED) is 0.0339. The lowest BCUT2D eigenvalue weighted by molar-refractivity contribution is -0.144. The summed E-state index contributed by atoms with van der Waals surface area (Å²) >= 11 is 0. The van der Waals surface area contributed by atoms with Gasteiger partial charge < -0.3 is 50.4 Å². The van der Waals surface area contributed by atoms with Gasteiger partial charge in [-0.05, 0) is 36.8 Å². The number of carboxylic acids is 2. The normalized spacial score (nSPS) is 13.8. The second kappa shape index (κ2) is 31.6. The summed E-state index contributed by atoms with van der Waals surface area (Å²) in [6, 6.07) is 13.2. The number of hydrogen-bond acceptors (Lipinski definition) is 14. The van der Waals surface area contributed by atoms with E-state index in [1.807, 2.05) is 60.7 Å². The van der Waals surface area contributed by atoms with E-state index in [-0.39, 0.29) is 63.6 Å². The van der Waals surface area contributed by atoms with Gasteiger partial charge in [-0.15, -0.1) is 0 Å². The SMILES string of the molecule is COC(=O)CCCCC(=O)N[C@@H](CSSC[C@H](NC(=O)CCCCC(=O)OC)C(=O)N[C@@H](C(=O)O)C(C)COCc1ccccc1)C(=O)N[C@@H](C(=O)O)C(C)COCc1ccccc1. The van der Waals surface area contributed by atoms with Gasteiger partial charge in [-0.1, -0.05) is 96.1 Å². The molecule has 0 aliphatic rings. The van der Waals surface area contributed by atoms with Crippen molar-refractivity contribution in [3.8, 4) is 0 Å². The number of unbranched alkanes of at least 4 members (excludes halogenated alkanes) is 2. The number of carbonyl (C=O) groups is 8. The molecule has 6 atom stereocenters. The Morgan fingerprint density at radius 3 is 1.20 bits per heavy atom. The third-order valence-corrected chi connectivity index (χ3v) is 12.1. The third-order valence-electron chi connectivity index (χ3n) is 9.63. The fraction of sp³-hybridized carbons (Fsp3) is 0.545. The summed E-state index contributed by atoms with van der Waals surface area (Å²) in [6.45, 7) is 3.66. The average Bonchev–Trinajstić information content (AvgIpc) is 3.28. The van der Waals surface area contributed by atoms with Gasteiger partial charge in [-0.25, -0.2) is 9.59 Å². The van der Waals surface area contributed by atoms with Crippen molar-refractivity contribution < 1.29 is 67.5 Å². The number of carboxylic acid groups (broad SMARTS) is 2. The van der Waals surface area contributed by atoms with Crippen molar-refractivity contribution in [2.75, 3.05) is 38.9 Å². The largest absolute Gasteiger partial charge is 0.480 e. The van der Waals surface area contributed by atoms with Gasteiger partial charge in [0.2, 0.25) is 23.6 Å². The first kappa shape index (κ1) is 55.0. The van der Waals surface area contributed by atoms with Crippen molar-refractivity contribution in [1.29, 1.82) is 0 Å². The van der Waals surface area contributed by atoms with Crippen LogP contribution >= 0.6 is 21.6 Å². The molecule has 0 aliphatic heterocycles. The average molecular weight is 935 g/mol. The number of esters is 2. The number of carbonyl (C=O) groups excluding carboxylic acids is 6. The Balaban J connectivity index is 2.18. The maximum absolute atomic E-state index is 13.7. The van der Waals surface area contributed by atoms with E-state index < -0.39 is 83.5 Å². The van der Waals surface area contributed by atoms with Crippen LogP contribution in [0.2, 0.25) is 0 Å². The Bertz CT molecular complexity index is 1650. The lowest BCUT2D eigenvalue weighted by Gasteiger charge is -2.26. The Morgan fingerprint density at radius 2 is 0.875 bits per heavy atom. The summed E-state index contributed by atoms with van der Waals surface area (Å²) < 4.78 is 20.7. The second-order valence-corrected chi connectivity index (χ2v) is 17.5. The van der Waals surface area contributed by atoms with Crippen molar-refractivity contribution in [3.63, 3.8) is 0 Å². The van der Waals surface area contributed by atoms with Crippen LogP contribution in [-0.2, 0) is 70.5 Å². The number of nitrogens with one attached hydrogen (secondary N) is 4. The third kappa shape index (κ3) is 23.0. The van der Waals surface area contributed by atoms with Crippen LogP contribution in [0, 0.1) is 11.8 Å². The molecule has 4 amide bonds. The van der Waals surface area contributed by atoms with E-state index in [1.165, 1.54) is 14.2 Å². The van der Waals surface area contributed by atoms with Crippen molar-refractivity contribution >= 4 is 69.1 Å². The zero-order chi connectivity index (χ0) is 47.3. The number of rotatable bonds is 33. The van der Waals surface area contributed by atoms with Crippen LogP contribution < -0.4 is 21.3 Å². The van der Waals surface area contributed by atoms with Crippen LogP contribution in [0.1, 0.15) is 76.3 Å². The van der Waals surface area contributed by atoms with E-state index in [1.54, 1.807) is 13.8 Å². The number of hydrogen-bond donors (Lipinski definition) is 6. The predicted molar refractivity (Wildman–Crippen MR) is 239 cm³/mol. The molecule has 6 N–H and O–H groups in total. The smallest absolute Gasteiger partial charge is 0.326 e. The Hall–Kier alpha value is -5.18. The van der Waals surface area contributed by atoms with Crippen LogP contribution in [0.5, 0.6) is 0 Å². The molecule has 18 nitrogen and oxygen atoms in total. The van der Waals surface area contributed by atoms with Crippen molar-refractivity contribution in [1.82, 2.24) is 21.3 Å². The molecule has 0 aromatic heterocycles. The topological polar surface area (TPSA) is 262 Å². The summed E-state index contributed by atoms with van der Waals surface area (Å²) in [6.07, 6.45) is 1.42. The molecule has 0 fully saturated rings. The molecule has 354 valence electrons. The van der Waals surface area contributed by atoms with Gasteiger partial charge in [0, 0.05) is 49.0 Å². The molecule has 0 spiro atoms. The zero-order valence-corrected chi connectivity index (χ0v) is 38.4. The molecule has 2 aromatic rings. The van der Waals surface area contributed by atoms with E-state index in [2.05, 4.69) is 30.7 Å². The van der Waals surface area contributed by atoms with Gasteiger partial charge in [0.1, 0.15) is 24.2 Å². The Kier molecular flexibility index (Phi) is 27.2. The summed E-state index contributed by atoms with van der Waals surface area (Å²) in [5, 5.41) is 30.5. The van der Waals surface area contributed by atoms with E-state index in [9.17, 15) is 48.6 Å². The van der Waals surface area contributed by atoms with Crippen LogP contribution in [-0.4, -0.2) is 121 Å². The molecule has 64 heavy (non-hydrogen) atoms. The highest BCUT2D eigenvalue weighted by Gasteiger charge is 2.33. The highest BCUT2D eigenvalue weighted by atomic mass is 33.1. The molecule has 2 rings (SSSR count). The number of methoxy groups -OCH3 is 2. The molecular formula is C44H62N4O14S2. The molecule has 0 aliphatic carbocycles. The highest BCUT2D eigenvalue weighted by molar-refractivity contribution is 8.76. The summed E-state index contributed by atoms with van der Waals surface area (Å²) in [7, 11) is 4.61. The van der Waals surface area contributed by atoms with E-state index in [0.717, 1.165) is 32.7 Å².